The summed E-state index contributed by atoms with van der Waals surface area (Å²) in [4.78, 5) is 0. The molecule has 0 bridgehead atoms. The number of anilines is 2. The largest absolute Gasteiger partial charge is 0.332 e. The van der Waals surface area contributed by atoms with E-state index in [1.165, 1.54) is 12.1 Å². The van der Waals surface area contributed by atoms with Crippen LogP contribution in [0.3, 0.4) is 0 Å². The summed E-state index contributed by atoms with van der Waals surface area (Å²) in [6.45, 7) is 4.21. The molecule has 0 aliphatic carbocycles. The highest BCUT2D eigenvalue weighted by Crippen LogP contribution is 2.26. The highest BCUT2D eigenvalue weighted by atomic mass is 35.5. The summed E-state index contributed by atoms with van der Waals surface area (Å²) in [5.41, 5.74) is 3.92. The molecular formula is C19H16Cl3FN4S. The SMILES string of the molecule is Cc1nn(Cc2ccc(F)cc2Cl)c(C)c1NC(=S)Nc1ccc(Cl)c(Cl)c1. The quantitative estimate of drug-likeness (QED) is 0.441. The summed E-state index contributed by atoms with van der Waals surface area (Å²) in [5.74, 6) is -0.372. The third kappa shape index (κ3) is 4.75. The Morgan fingerprint density at radius 3 is 2.46 bits per heavy atom. The molecule has 0 saturated heterocycles. The van der Waals surface area contributed by atoms with E-state index >= 15 is 0 Å². The van der Waals surface area contributed by atoms with Crippen molar-refractivity contribution in [2.75, 3.05) is 10.6 Å². The van der Waals surface area contributed by atoms with E-state index in [9.17, 15) is 4.39 Å². The Morgan fingerprint density at radius 1 is 1.04 bits per heavy atom. The molecule has 1 aromatic heterocycles. The van der Waals surface area contributed by atoms with Crippen LogP contribution in [-0.4, -0.2) is 14.9 Å². The van der Waals surface area contributed by atoms with Gasteiger partial charge >= 0.3 is 0 Å². The molecule has 0 aliphatic rings. The van der Waals surface area contributed by atoms with Gasteiger partial charge in [-0.15, -0.1) is 0 Å². The fourth-order valence-electron chi connectivity index (χ4n) is 2.69. The topological polar surface area (TPSA) is 41.9 Å². The molecule has 146 valence electrons. The first-order valence-electron chi connectivity index (χ1n) is 8.25. The third-order valence-corrected chi connectivity index (χ3v) is 5.43. The van der Waals surface area contributed by atoms with Crippen molar-refractivity contribution < 1.29 is 4.39 Å². The van der Waals surface area contributed by atoms with Crippen LogP contribution in [0.2, 0.25) is 15.1 Å². The van der Waals surface area contributed by atoms with E-state index in [4.69, 9.17) is 47.0 Å². The first-order chi connectivity index (χ1) is 13.2. The van der Waals surface area contributed by atoms with E-state index in [2.05, 4.69) is 15.7 Å². The Balaban J connectivity index is 1.75. The molecule has 9 heteroatoms. The number of benzene rings is 2. The Morgan fingerprint density at radius 2 is 1.79 bits per heavy atom. The van der Waals surface area contributed by atoms with E-state index in [1.54, 1.807) is 28.9 Å². The lowest BCUT2D eigenvalue weighted by Crippen LogP contribution is -2.20. The minimum absolute atomic E-state index is 0.360. The molecule has 0 radical (unpaired) electrons. The monoisotopic (exact) mass is 456 g/mol. The van der Waals surface area contributed by atoms with Gasteiger partial charge in [0.25, 0.3) is 0 Å². The van der Waals surface area contributed by atoms with Crippen LogP contribution in [-0.2, 0) is 6.54 Å². The number of hydrogen-bond acceptors (Lipinski definition) is 2. The number of aromatic nitrogens is 2. The number of aryl methyl sites for hydroxylation is 1. The van der Waals surface area contributed by atoms with Gasteiger partial charge in [-0.2, -0.15) is 5.10 Å². The van der Waals surface area contributed by atoms with Crippen molar-refractivity contribution in [2.45, 2.75) is 20.4 Å². The van der Waals surface area contributed by atoms with Crippen molar-refractivity contribution in [1.82, 2.24) is 9.78 Å². The molecule has 0 spiro atoms. The van der Waals surface area contributed by atoms with E-state index < -0.39 is 0 Å². The molecule has 0 amide bonds. The molecule has 1 heterocycles. The first kappa shape index (κ1) is 20.9. The van der Waals surface area contributed by atoms with Crippen LogP contribution in [0.15, 0.2) is 36.4 Å². The maximum atomic E-state index is 13.2. The Bertz CT molecular complexity index is 1050. The van der Waals surface area contributed by atoms with Crippen molar-refractivity contribution in [1.29, 1.82) is 0 Å². The highest BCUT2D eigenvalue weighted by Gasteiger charge is 2.14. The molecule has 0 fully saturated rings. The number of rotatable bonds is 4. The molecule has 2 aromatic carbocycles. The van der Waals surface area contributed by atoms with Crippen molar-refractivity contribution in [3.8, 4) is 0 Å². The van der Waals surface area contributed by atoms with E-state index in [1.807, 2.05) is 13.8 Å². The normalized spacial score (nSPS) is 10.8. The third-order valence-electron chi connectivity index (χ3n) is 4.13. The molecule has 3 rings (SSSR count). The van der Waals surface area contributed by atoms with Crippen molar-refractivity contribution in [2.24, 2.45) is 0 Å². The minimum Gasteiger partial charge on any atom is -0.332 e. The number of thiocarbonyl (C=S) groups is 1. The maximum absolute atomic E-state index is 13.2. The van der Waals surface area contributed by atoms with Gasteiger partial charge in [-0.1, -0.05) is 40.9 Å². The van der Waals surface area contributed by atoms with Gasteiger partial charge in [-0.3, -0.25) is 4.68 Å². The average molecular weight is 458 g/mol. The molecule has 2 N–H and O–H groups in total. The van der Waals surface area contributed by atoms with E-state index in [0.29, 0.717) is 32.4 Å². The van der Waals surface area contributed by atoms with Crippen LogP contribution in [0.1, 0.15) is 17.0 Å². The van der Waals surface area contributed by atoms with Gasteiger partial charge in [0.2, 0.25) is 0 Å². The van der Waals surface area contributed by atoms with Crippen molar-refractivity contribution in [3.63, 3.8) is 0 Å². The van der Waals surface area contributed by atoms with Gasteiger partial charge in [-0.05, 0) is 62.0 Å². The number of halogens is 4. The Kier molecular flexibility index (Phi) is 6.45. The van der Waals surface area contributed by atoms with Crippen molar-refractivity contribution in [3.05, 3.63) is 74.2 Å². The Labute approximate surface area is 182 Å². The standard InChI is InChI=1S/C19H16Cl3FN4S/c1-10-18(25-19(28)24-14-5-6-15(20)17(22)8-14)11(2)27(26-10)9-12-3-4-13(23)7-16(12)21/h3-8H,9H2,1-2H3,(H2,24,25,28). The van der Waals surface area contributed by atoms with Crippen LogP contribution in [0.5, 0.6) is 0 Å². The fourth-order valence-corrected chi connectivity index (χ4v) is 3.44. The smallest absolute Gasteiger partial charge is 0.175 e. The van der Waals surface area contributed by atoms with Crippen LogP contribution >= 0.6 is 47.0 Å². The molecule has 28 heavy (non-hydrogen) atoms. The van der Waals surface area contributed by atoms with Crippen molar-refractivity contribution >= 4 is 63.5 Å². The minimum atomic E-state index is -0.372. The number of nitrogens with zero attached hydrogens (tertiary/aromatic N) is 2. The second-order valence-electron chi connectivity index (χ2n) is 6.15. The van der Waals surface area contributed by atoms with Gasteiger partial charge in [0, 0.05) is 10.7 Å². The van der Waals surface area contributed by atoms with Gasteiger partial charge in [0.05, 0.1) is 33.7 Å². The summed E-state index contributed by atoms with van der Waals surface area (Å²) in [7, 11) is 0. The van der Waals surface area contributed by atoms with Gasteiger partial charge in [-0.25, -0.2) is 4.39 Å². The van der Waals surface area contributed by atoms with Crippen LogP contribution < -0.4 is 10.6 Å². The predicted octanol–water partition coefficient (Wildman–Crippen LogP) is 6.46. The second kappa shape index (κ2) is 8.66. The average Bonchev–Trinajstić information content (AvgIpc) is 2.88. The lowest BCUT2D eigenvalue weighted by molar-refractivity contribution is 0.622. The lowest BCUT2D eigenvalue weighted by atomic mass is 10.2. The van der Waals surface area contributed by atoms with Gasteiger partial charge in [0.15, 0.2) is 5.11 Å². The van der Waals surface area contributed by atoms with Gasteiger partial charge in [0.1, 0.15) is 5.82 Å². The molecule has 3 aromatic rings. The number of hydrogen-bond donors (Lipinski definition) is 2. The molecule has 0 saturated carbocycles. The molecular weight excluding hydrogens is 442 g/mol. The number of nitrogens with one attached hydrogen (secondary N) is 2. The van der Waals surface area contributed by atoms with Crippen LogP contribution in [0.25, 0.3) is 0 Å². The lowest BCUT2D eigenvalue weighted by Gasteiger charge is -2.12. The second-order valence-corrected chi connectivity index (χ2v) is 7.78. The zero-order valence-electron chi connectivity index (χ0n) is 15.0. The van der Waals surface area contributed by atoms with Gasteiger partial charge < -0.3 is 10.6 Å². The van der Waals surface area contributed by atoms with E-state index in [0.717, 1.165) is 22.6 Å². The summed E-state index contributed by atoms with van der Waals surface area (Å²) < 4.78 is 15.0. The summed E-state index contributed by atoms with van der Waals surface area (Å²) in [6.07, 6.45) is 0. The predicted molar refractivity (Wildman–Crippen MR) is 119 cm³/mol. The molecule has 0 atom stereocenters. The maximum Gasteiger partial charge on any atom is 0.175 e. The van der Waals surface area contributed by atoms with Crippen LogP contribution in [0, 0.1) is 19.7 Å². The zero-order valence-corrected chi connectivity index (χ0v) is 18.1. The summed E-state index contributed by atoms with van der Waals surface area (Å²) in [5, 5.41) is 12.4. The van der Waals surface area contributed by atoms with E-state index in [-0.39, 0.29) is 5.82 Å². The zero-order chi connectivity index (χ0) is 20.4. The Hall–Kier alpha value is -1.86. The highest BCUT2D eigenvalue weighted by molar-refractivity contribution is 7.80. The van der Waals surface area contributed by atoms with Crippen LogP contribution in [0.4, 0.5) is 15.8 Å². The molecule has 4 nitrogen and oxygen atoms in total. The summed E-state index contributed by atoms with van der Waals surface area (Å²) >= 11 is 23.5. The fraction of sp³-hybridized carbons (Fsp3) is 0.158. The molecule has 0 unspecified atom stereocenters. The summed E-state index contributed by atoms with van der Waals surface area (Å²) in [6, 6.07) is 9.48. The first-order valence-corrected chi connectivity index (χ1v) is 9.80. The molecule has 0 aliphatic heterocycles.